The van der Waals surface area contributed by atoms with Gasteiger partial charge in [0.15, 0.2) is 0 Å². The van der Waals surface area contributed by atoms with Crippen LogP contribution < -0.4 is 15.4 Å². The fourth-order valence-electron chi connectivity index (χ4n) is 2.90. The van der Waals surface area contributed by atoms with Gasteiger partial charge in [-0.25, -0.2) is 9.59 Å². The highest BCUT2D eigenvalue weighted by molar-refractivity contribution is 5.95. The Balaban J connectivity index is 1.89. The number of esters is 1. The molecule has 0 unspecified atom stereocenters. The topological polar surface area (TPSA) is 76.7 Å². The molecule has 0 spiro atoms. The standard InChI is InChI=1S/C20H20N2O4/c1-13-17(19(23)26-12-14-8-4-3-5-9-14)18(22-20(24)21-13)15-10-6-7-11-16(15)25-2/h3-11,18H,12H2,1-2H3,(H2,21,22,24)/t18-/m0/s1. The lowest BCUT2D eigenvalue weighted by Crippen LogP contribution is -2.45. The van der Waals surface area contributed by atoms with Crippen molar-refractivity contribution in [3.8, 4) is 5.75 Å². The molecule has 1 aliphatic heterocycles. The SMILES string of the molecule is COc1ccccc1[C@@H]1NC(=O)NC(C)=C1C(=O)OCc1ccccc1. The smallest absolute Gasteiger partial charge is 0.338 e. The molecule has 0 saturated carbocycles. The lowest BCUT2D eigenvalue weighted by Gasteiger charge is -2.29. The van der Waals surface area contributed by atoms with E-state index in [0.29, 0.717) is 22.6 Å². The molecule has 0 aromatic heterocycles. The third-order valence-electron chi connectivity index (χ3n) is 4.15. The van der Waals surface area contributed by atoms with E-state index in [1.807, 2.05) is 48.5 Å². The molecular weight excluding hydrogens is 332 g/mol. The van der Waals surface area contributed by atoms with E-state index in [9.17, 15) is 9.59 Å². The summed E-state index contributed by atoms with van der Waals surface area (Å²) >= 11 is 0. The van der Waals surface area contributed by atoms with Crippen LogP contribution in [0.25, 0.3) is 0 Å². The van der Waals surface area contributed by atoms with E-state index in [-0.39, 0.29) is 12.6 Å². The zero-order chi connectivity index (χ0) is 18.5. The molecule has 2 aromatic carbocycles. The predicted octanol–water partition coefficient (Wildman–Crippen LogP) is 3.07. The second kappa shape index (κ2) is 7.74. The number of hydrogen-bond acceptors (Lipinski definition) is 4. The van der Waals surface area contributed by atoms with E-state index < -0.39 is 12.0 Å². The average Bonchev–Trinajstić information content (AvgIpc) is 2.66. The number of hydrogen-bond donors (Lipinski definition) is 2. The lowest BCUT2D eigenvalue weighted by atomic mass is 9.95. The summed E-state index contributed by atoms with van der Waals surface area (Å²) in [7, 11) is 1.55. The molecule has 0 radical (unpaired) electrons. The highest BCUT2D eigenvalue weighted by atomic mass is 16.5. The summed E-state index contributed by atoms with van der Waals surface area (Å²) in [5, 5.41) is 5.41. The van der Waals surface area contributed by atoms with Gasteiger partial charge in [-0.3, -0.25) is 0 Å². The number of allylic oxidation sites excluding steroid dienone is 1. The Morgan fingerprint density at radius 2 is 1.77 bits per heavy atom. The highest BCUT2D eigenvalue weighted by Gasteiger charge is 2.33. The zero-order valence-corrected chi connectivity index (χ0v) is 14.6. The lowest BCUT2D eigenvalue weighted by molar-refractivity contribution is -0.140. The quantitative estimate of drug-likeness (QED) is 0.811. The molecule has 1 atom stereocenters. The van der Waals surface area contributed by atoms with Gasteiger partial charge in [-0.05, 0) is 18.6 Å². The maximum absolute atomic E-state index is 12.8. The van der Waals surface area contributed by atoms with Crippen LogP contribution in [0.2, 0.25) is 0 Å². The molecule has 134 valence electrons. The van der Waals surface area contributed by atoms with Gasteiger partial charge in [0, 0.05) is 11.3 Å². The monoisotopic (exact) mass is 352 g/mol. The fourth-order valence-corrected chi connectivity index (χ4v) is 2.90. The minimum absolute atomic E-state index is 0.156. The highest BCUT2D eigenvalue weighted by Crippen LogP contribution is 2.33. The summed E-state index contributed by atoms with van der Waals surface area (Å²) < 4.78 is 10.8. The first-order valence-corrected chi connectivity index (χ1v) is 8.22. The van der Waals surface area contributed by atoms with Crippen molar-refractivity contribution in [2.24, 2.45) is 0 Å². The molecule has 6 nitrogen and oxygen atoms in total. The summed E-state index contributed by atoms with van der Waals surface area (Å²) in [5.41, 5.74) is 2.39. The van der Waals surface area contributed by atoms with Crippen molar-refractivity contribution >= 4 is 12.0 Å². The Morgan fingerprint density at radius 1 is 1.08 bits per heavy atom. The van der Waals surface area contributed by atoms with Crippen LogP contribution in [-0.2, 0) is 16.1 Å². The zero-order valence-electron chi connectivity index (χ0n) is 14.6. The van der Waals surface area contributed by atoms with Crippen molar-refractivity contribution in [3.63, 3.8) is 0 Å². The third-order valence-corrected chi connectivity index (χ3v) is 4.15. The Morgan fingerprint density at radius 3 is 2.50 bits per heavy atom. The van der Waals surface area contributed by atoms with Crippen molar-refractivity contribution in [2.45, 2.75) is 19.6 Å². The first-order valence-electron chi connectivity index (χ1n) is 8.22. The van der Waals surface area contributed by atoms with Gasteiger partial charge in [0.05, 0.1) is 18.7 Å². The van der Waals surface area contributed by atoms with Gasteiger partial charge < -0.3 is 20.1 Å². The average molecular weight is 352 g/mol. The van der Waals surface area contributed by atoms with Gasteiger partial charge in [-0.15, -0.1) is 0 Å². The van der Waals surface area contributed by atoms with Crippen LogP contribution in [0.5, 0.6) is 5.75 Å². The van der Waals surface area contributed by atoms with Crippen molar-refractivity contribution in [1.29, 1.82) is 0 Å². The first-order chi connectivity index (χ1) is 12.6. The molecule has 0 bridgehead atoms. The molecule has 2 amide bonds. The van der Waals surface area contributed by atoms with E-state index >= 15 is 0 Å². The Hall–Kier alpha value is -3.28. The van der Waals surface area contributed by atoms with Crippen LogP contribution in [0.15, 0.2) is 65.9 Å². The summed E-state index contributed by atoms with van der Waals surface area (Å²) in [6.07, 6.45) is 0. The molecule has 1 aliphatic rings. The second-order valence-electron chi connectivity index (χ2n) is 5.87. The van der Waals surface area contributed by atoms with Gasteiger partial charge in [0.1, 0.15) is 12.4 Å². The predicted molar refractivity (Wildman–Crippen MR) is 96.3 cm³/mol. The van der Waals surface area contributed by atoms with Gasteiger partial charge in [0.2, 0.25) is 0 Å². The van der Waals surface area contributed by atoms with Crippen molar-refractivity contribution in [3.05, 3.63) is 77.0 Å². The number of methoxy groups -OCH3 is 1. The Kier molecular flexibility index (Phi) is 5.22. The minimum Gasteiger partial charge on any atom is -0.496 e. The van der Waals surface area contributed by atoms with Crippen LogP contribution >= 0.6 is 0 Å². The number of carbonyl (C=O) groups excluding carboxylic acids is 2. The molecule has 2 aromatic rings. The fraction of sp³-hybridized carbons (Fsp3) is 0.200. The number of urea groups is 1. The molecule has 3 rings (SSSR count). The van der Waals surface area contributed by atoms with E-state index in [0.717, 1.165) is 5.56 Å². The summed E-state index contributed by atoms with van der Waals surface area (Å²) in [6.45, 7) is 1.84. The number of nitrogens with one attached hydrogen (secondary N) is 2. The molecule has 0 saturated heterocycles. The molecule has 6 heteroatoms. The van der Waals surface area contributed by atoms with E-state index in [1.165, 1.54) is 0 Å². The van der Waals surface area contributed by atoms with E-state index in [4.69, 9.17) is 9.47 Å². The largest absolute Gasteiger partial charge is 0.496 e. The second-order valence-corrected chi connectivity index (χ2v) is 5.87. The van der Waals surface area contributed by atoms with Crippen LogP contribution in [-0.4, -0.2) is 19.1 Å². The normalized spacial score (nSPS) is 16.5. The molecule has 2 N–H and O–H groups in total. The summed E-state index contributed by atoms with van der Waals surface area (Å²) in [6, 6.07) is 15.7. The van der Waals surface area contributed by atoms with Crippen LogP contribution in [0.4, 0.5) is 4.79 Å². The van der Waals surface area contributed by atoms with E-state index in [1.54, 1.807) is 20.1 Å². The molecule has 0 fully saturated rings. The van der Waals surface area contributed by atoms with Crippen molar-refractivity contribution in [1.82, 2.24) is 10.6 Å². The summed E-state index contributed by atoms with van der Waals surface area (Å²) in [5.74, 6) is 0.0932. The van der Waals surface area contributed by atoms with Gasteiger partial charge >= 0.3 is 12.0 Å². The maximum atomic E-state index is 12.8. The molecule has 26 heavy (non-hydrogen) atoms. The Bertz CT molecular complexity index is 846. The first kappa shape index (κ1) is 17.5. The number of rotatable bonds is 5. The van der Waals surface area contributed by atoms with Crippen LogP contribution in [0.3, 0.4) is 0 Å². The van der Waals surface area contributed by atoms with Gasteiger partial charge in [0.25, 0.3) is 0 Å². The summed E-state index contributed by atoms with van der Waals surface area (Å²) in [4.78, 5) is 24.7. The maximum Gasteiger partial charge on any atom is 0.338 e. The van der Waals surface area contributed by atoms with Crippen LogP contribution in [0, 0.1) is 0 Å². The van der Waals surface area contributed by atoms with Gasteiger partial charge in [-0.1, -0.05) is 48.5 Å². The number of benzene rings is 2. The number of carbonyl (C=O) groups is 2. The van der Waals surface area contributed by atoms with Crippen LogP contribution in [0.1, 0.15) is 24.1 Å². The minimum atomic E-state index is -0.650. The third kappa shape index (κ3) is 3.69. The van der Waals surface area contributed by atoms with E-state index in [2.05, 4.69) is 10.6 Å². The number of ether oxygens (including phenoxy) is 2. The Labute approximate surface area is 151 Å². The van der Waals surface area contributed by atoms with Gasteiger partial charge in [-0.2, -0.15) is 0 Å². The number of para-hydroxylation sites is 1. The van der Waals surface area contributed by atoms with Crippen molar-refractivity contribution in [2.75, 3.05) is 7.11 Å². The molecule has 0 aliphatic carbocycles. The van der Waals surface area contributed by atoms with Crippen molar-refractivity contribution < 1.29 is 19.1 Å². The molecular formula is C20H20N2O4. The molecule has 1 heterocycles. The number of amides is 2.